The molecule has 6 rings (SSSR count). The summed E-state index contributed by atoms with van der Waals surface area (Å²) in [5, 5.41) is 11.2. The van der Waals surface area contributed by atoms with Gasteiger partial charge in [-0.25, -0.2) is 9.78 Å². The maximum absolute atomic E-state index is 13.5. The van der Waals surface area contributed by atoms with Crippen LogP contribution in [0.25, 0.3) is 21.9 Å². The van der Waals surface area contributed by atoms with Gasteiger partial charge in [0.05, 0.1) is 34.9 Å². The number of nitrogens with two attached hydrogens (primary N) is 1. The fourth-order valence-corrected chi connectivity index (χ4v) is 4.89. The Hall–Kier alpha value is -5.09. The lowest BCUT2D eigenvalue weighted by Gasteiger charge is -2.29. The summed E-state index contributed by atoms with van der Waals surface area (Å²) in [5.41, 5.74) is 10.3. The van der Waals surface area contributed by atoms with Crippen molar-refractivity contribution in [3.8, 4) is 23.4 Å². The van der Waals surface area contributed by atoms with Gasteiger partial charge in [-0.15, -0.1) is 0 Å². The SMILES string of the molecule is Cc1ccc(Oc2nc3ccccc3cc2C2C(CC#N)=C(N)Oc3c2c(=O)oc2ccc(C)cc32)cc1. The molecule has 2 aromatic heterocycles. The quantitative estimate of drug-likeness (QED) is 0.285. The van der Waals surface area contributed by atoms with E-state index in [-0.39, 0.29) is 17.9 Å². The summed E-state index contributed by atoms with van der Waals surface area (Å²) in [4.78, 5) is 18.3. The van der Waals surface area contributed by atoms with Crippen LogP contribution in [0.5, 0.6) is 17.4 Å². The van der Waals surface area contributed by atoms with Crippen molar-refractivity contribution >= 4 is 21.9 Å². The van der Waals surface area contributed by atoms with Crippen molar-refractivity contribution in [3.63, 3.8) is 0 Å². The number of aromatic nitrogens is 1. The van der Waals surface area contributed by atoms with Gasteiger partial charge in [0.1, 0.15) is 11.3 Å². The number of pyridine rings is 1. The van der Waals surface area contributed by atoms with Crippen molar-refractivity contribution < 1.29 is 13.9 Å². The van der Waals surface area contributed by atoms with E-state index in [1.807, 2.05) is 80.6 Å². The second-order valence-corrected chi connectivity index (χ2v) is 9.38. The van der Waals surface area contributed by atoms with Crippen LogP contribution in [0.4, 0.5) is 0 Å². The number of hydrogen-bond acceptors (Lipinski definition) is 7. The zero-order valence-electron chi connectivity index (χ0n) is 20.8. The molecule has 3 aromatic carbocycles. The Bertz CT molecular complexity index is 1860. The molecule has 1 aliphatic heterocycles. The van der Waals surface area contributed by atoms with E-state index < -0.39 is 11.5 Å². The number of nitrogens with zero attached hydrogens (tertiary/aromatic N) is 2. The summed E-state index contributed by atoms with van der Waals surface area (Å²) in [5.74, 6) is 0.520. The van der Waals surface area contributed by atoms with E-state index in [1.54, 1.807) is 6.07 Å². The number of fused-ring (bicyclic) bond motifs is 4. The first kappa shape index (κ1) is 23.3. The van der Waals surface area contributed by atoms with Crippen LogP contribution in [0.1, 0.15) is 34.6 Å². The molecule has 1 atom stereocenters. The Morgan fingerprint density at radius 1 is 1.03 bits per heavy atom. The molecule has 0 aliphatic carbocycles. The number of para-hydroxylation sites is 1. The summed E-state index contributed by atoms with van der Waals surface area (Å²) >= 11 is 0. The monoisotopic (exact) mass is 501 g/mol. The Labute approximate surface area is 218 Å². The Morgan fingerprint density at radius 2 is 1.79 bits per heavy atom. The summed E-state index contributed by atoms with van der Waals surface area (Å²) in [6, 6.07) is 24.8. The van der Waals surface area contributed by atoms with Gasteiger partial charge in [-0.05, 0) is 50.2 Å². The second-order valence-electron chi connectivity index (χ2n) is 9.38. The van der Waals surface area contributed by atoms with E-state index in [9.17, 15) is 10.1 Å². The third kappa shape index (κ3) is 3.93. The average molecular weight is 502 g/mol. The van der Waals surface area contributed by atoms with Crippen LogP contribution in [0.2, 0.25) is 0 Å². The molecule has 38 heavy (non-hydrogen) atoms. The zero-order chi connectivity index (χ0) is 26.4. The van der Waals surface area contributed by atoms with Gasteiger partial charge in [-0.2, -0.15) is 5.26 Å². The molecule has 0 spiro atoms. The predicted octanol–water partition coefficient (Wildman–Crippen LogP) is 6.36. The van der Waals surface area contributed by atoms with Crippen LogP contribution in [0, 0.1) is 25.2 Å². The summed E-state index contributed by atoms with van der Waals surface area (Å²) in [7, 11) is 0. The Morgan fingerprint density at radius 3 is 2.58 bits per heavy atom. The molecule has 0 saturated heterocycles. The maximum atomic E-state index is 13.5. The molecule has 0 fully saturated rings. The first-order chi connectivity index (χ1) is 18.4. The predicted molar refractivity (Wildman–Crippen MR) is 144 cm³/mol. The maximum Gasteiger partial charge on any atom is 0.344 e. The van der Waals surface area contributed by atoms with Gasteiger partial charge in [0, 0.05) is 16.5 Å². The van der Waals surface area contributed by atoms with Crippen LogP contribution in [0.15, 0.2) is 93.5 Å². The third-order valence-electron chi connectivity index (χ3n) is 6.75. The number of benzene rings is 3. The molecule has 2 N–H and O–H groups in total. The van der Waals surface area contributed by atoms with Crippen molar-refractivity contribution in [2.24, 2.45) is 5.73 Å². The molecule has 0 radical (unpaired) electrons. The minimum Gasteiger partial charge on any atom is -0.440 e. The lowest BCUT2D eigenvalue weighted by atomic mass is 9.82. The topological polar surface area (TPSA) is 111 Å². The molecule has 1 aliphatic rings. The van der Waals surface area contributed by atoms with E-state index in [0.717, 1.165) is 22.0 Å². The van der Waals surface area contributed by atoms with Crippen molar-refractivity contribution in [1.82, 2.24) is 4.98 Å². The number of hydrogen-bond donors (Lipinski definition) is 1. The molecule has 0 bridgehead atoms. The van der Waals surface area contributed by atoms with Gasteiger partial charge in [0.25, 0.3) is 0 Å². The number of nitriles is 1. The first-order valence-corrected chi connectivity index (χ1v) is 12.2. The van der Waals surface area contributed by atoms with Crippen molar-refractivity contribution in [2.75, 3.05) is 0 Å². The minimum absolute atomic E-state index is 0.0575. The van der Waals surface area contributed by atoms with Crippen molar-refractivity contribution in [3.05, 3.63) is 117 Å². The number of rotatable bonds is 4. The number of ether oxygens (including phenoxy) is 2. The van der Waals surface area contributed by atoms with Crippen molar-refractivity contribution in [1.29, 1.82) is 5.26 Å². The van der Waals surface area contributed by atoms with Gasteiger partial charge in [-0.1, -0.05) is 47.5 Å². The lowest BCUT2D eigenvalue weighted by Crippen LogP contribution is -2.27. The Balaban J connectivity index is 1.66. The highest BCUT2D eigenvalue weighted by molar-refractivity contribution is 5.87. The molecule has 7 nitrogen and oxygen atoms in total. The van der Waals surface area contributed by atoms with Gasteiger partial charge in [0.2, 0.25) is 5.88 Å². The van der Waals surface area contributed by atoms with E-state index in [1.165, 1.54) is 0 Å². The molecule has 0 saturated carbocycles. The van der Waals surface area contributed by atoms with Crippen LogP contribution >= 0.6 is 0 Å². The highest BCUT2D eigenvalue weighted by Crippen LogP contribution is 2.47. The van der Waals surface area contributed by atoms with Gasteiger partial charge in [-0.3, -0.25) is 0 Å². The molecule has 1 unspecified atom stereocenters. The zero-order valence-corrected chi connectivity index (χ0v) is 20.8. The molecular formula is C31H23N3O4. The highest BCUT2D eigenvalue weighted by atomic mass is 16.5. The molecule has 3 heterocycles. The van der Waals surface area contributed by atoms with E-state index in [2.05, 4.69) is 6.07 Å². The lowest BCUT2D eigenvalue weighted by molar-refractivity contribution is 0.379. The Kier molecular flexibility index (Phi) is 5.58. The van der Waals surface area contributed by atoms with Gasteiger partial charge >= 0.3 is 5.63 Å². The van der Waals surface area contributed by atoms with Crippen LogP contribution in [-0.2, 0) is 0 Å². The van der Waals surface area contributed by atoms with Gasteiger partial charge in [0.15, 0.2) is 11.6 Å². The molecular weight excluding hydrogens is 478 g/mol. The van der Waals surface area contributed by atoms with Gasteiger partial charge < -0.3 is 19.6 Å². The van der Waals surface area contributed by atoms with E-state index in [0.29, 0.717) is 39.5 Å². The smallest absolute Gasteiger partial charge is 0.344 e. The van der Waals surface area contributed by atoms with Crippen LogP contribution in [-0.4, -0.2) is 4.98 Å². The van der Waals surface area contributed by atoms with Crippen LogP contribution < -0.4 is 20.8 Å². The minimum atomic E-state index is -0.767. The normalized spacial score (nSPS) is 14.7. The fourth-order valence-electron chi connectivity index (χ4n) is 4.89. The van der Waals surface area contributed by atoms with E-state index >= 15 is 0 Å². The number of aryl methyl sites for hydroxylation is 2. The second kappa shape index (κ2) is 9.09. The summed E-state index contributed by atoms with van der Waals surface area (Å²) in [6.45, 7) is 3.94. The third-order valence-corrected chi connectivity index (χ3v) is 6.75. The number of allylic oxidation sites excluding steroid dienone is 1. The van der Waals surface area contributed by atoms with Crippen LogP contribution in [0.3, 0.4) is 0 Å². The average Bonchev–Trinajstić information content (AvgIpc) is 2.91. The van der Waals surface area contributed by atoms with Crippen molar-refractivity contribution in [2.45, 2.75) is 26.2 Å². The largest absolute Gasteiger partial charge is 0.440 e. The summed E-state index contributed by atoms with van der Waals surface area (Å²) in [6.07, 6.45) is -0.0575. The molecule has 7 heteroatoms. The standard InChI is InChI=1S/C31H23N3O4/c1-17-7-10-20(11-8-17)36-30-23(16-19-5-3-4-6-24(19)34-30)26-21(13-14-32)29(33)38-28-22-15-18(2)9-12-25(22)37-31(35)27(26)28/h3-12,15-16,26H,13,33H2,1-2H3. The highest BCUT2D eigenvalue weighted by Gasteiger charge is 2.37. The molecule has 0 amide bonds. The first-order valence-electron chi connectivity index (χ1n) is 12.2. The molecule has 5 aromatic rings. The molecule has 186 valence electrons. The summed E-state index contributed by atoms with van der Waals surface area (Å²) < 4.78 is 18.1. The van der Waals surface area contributed by atoms with E-state index in [4.69, 9.17) is 24.6 Å². The fraction of sp³-hybridized carbons (Fsp3) is 0.129.